The highest BCUT2D eigenvalue weighted by molar-refractivity contribution is 5.87. The van der Waals surface area contributed by atoms with Gasteiger partial charge in [0.15, 0.2) is 0 Å². The van der Waals surface area contributed by atoms with Gasteiger partial charge in [0, 0.05) is 22.3 Å². The van der Waals surface area contributed by atoms with E-state index in [1.807, 2.05) is 0 Å². The Labute approximate surface area is 205 Å². The second kappa shape index (κ2) is 7.87. The van der Waals surface area contributed by atoms with Crippen molar-refractivity contribution in [2.45, 2.75) is 59.4 Å². The van der Waals surface area contributed by atoms with Crippen LogP contribution in [0.15, 0.2) is 84.9 Å². The van der Waals surface area contributed by atoms with Crippen molar-refractivity contribution < 1.29 is 0 Å². The van der Waals surface area contributed by atoms with Crippen LogP contribution in [0.1, 0.15) is 56.9 Å². The zero-order chi connectivity index (χ0) is 24.3. The van der Waals surface area contributed by atoms with Gasteiger partial charge in [-0.25, -0.2) is 0 Å². The predicted molar refractivity (Wildman–Crippen MR) is 147 cm³/mol. The molecule has 0 radical (unpaired) electrons. The Kier molecular flexibility index (Phi) is 5.20. The molecule has 0 spiro atoms. The minimum atomic E-state index is -0.0544. The van der Waals surface area contributed by atoms with Crippen molar-refractivity contribution in [3.8, 4) is 22.3 Å². The van der Waals surface area contributed by atoms with Crippen LogP contribution in [0.25, 0.3) is 22.3 Å². The van der Waals surface area contributed by atoms with Crippen LogP contribution in [-0.2, 0) is 5.41 Å². The molecule has 0 fully saturated rings. The van der Waals surface area contributed by atoms with E-state index >= 15 is 0 Å². The van der Waals surface area contributed by atoms with Crippen molar-refractivity contribution in [2.24, 2.45) is 0 Å². The Morgan fingerprint density at radius 2 is 1.24 bits per heavy atom. The summed E-state index contributed by atoms with van der Waals surface area (Å²) in [6.07, 6.45) is 0. The largest absolute Gasteiger partial charge is 0.336 e. The van der Waals surface area contributed by atoms with E-state index in [0.29, 0.717) is 0 Å². The van der Waals surface area contributed by atoms with Crippen molar-refractivity contribution in [2.75, 3.05) is 4.90 Å². The molecule has 0 saturated carbocycles. The fraction of sp³-hybridized carbons (Fsp3) is 0.273. The van der Waals surface area contributed by atoms with Gasteiger partial charge < -0.3 is 4.90 Å². The Morgan fingerprint density at radius 3 is 1.91 bits per heavy atom. The number of anilines is 2. The lowest BCUT2D eigenvalue weighted by atomic mass is 9.81. The van der Waals surface area contributed by atoms with E-state index in [4.69, 9.17) is 0 Å². The Bertz CT molecular complexity index is 1370. The maximum Gasteiger partial charge on any atom is 0.0449 e. The summed E-state index contributed by atoms with van der Waals surface area (Å²) in [5.41, 5.74) is 13.2. The van der Waals surface area contributed by atoms with Gasteiger partial charge >= 0.3 is 0 Å². The standard InChI is InChI=1S/C33H35N/c1-22-13-11-12-16-30(22)34(32(3,4)5)31-21-29-26(19-23(31)2)27-20-25(24-14-9-8-10-15-24)17-18-28(27)33(29,6)7/h8-21H,1-7H3. The fourth-order valence-electron chi connectivity index (χ4n) is 5.61. The number of hydrogen-bond donors (Lipinski definition) is 0. The molecular weight excluding hydrogens is 410 g/mol. The molecule has 0 aromatic heterocycles. The molecule has 1 nitrogen and oxygen atoms in total. The molecule has 0 saturated heterocycles. The lowest BCUT2D eigenvalue weighted by Gasteiger charge is -2.40. The average molecular weight is 446 g/mol. The van der Waals surface area contributed by atoms with E-state index in [1.165, 1.54) is 55.9 Å². The first-order valence-electron chi connectivity index (χ1n) is 12.3. The van der Waals surface area contributed by atoms with E-state index in [2.05, 4.69) is 138 Å². The molecule has 0 amide bonds. The summed E-state index contributed by atoms with van der Waals surface area (Å²) in [6.45, 7) is 16.1. The summed E-state index contributed by atoms with van der Waals surface area (Å²) >= 11 is 0. The second-order valence-corrected chi connectivity index (χ2v) is 11.2. The monoisotopic (exact) mass is 445 g/mol. The van der Waals surface area contributed by atoms with Crippen molar-refractivity contribution >= 4 is 11.4 Å². The van der Waals surface area contributed by atoms with Crippen molar-refractivity contribution in [1.82, 2.24) is 0 Å². The molecule has 34 heavy (non-hydrogen) atoms. The molecule has 1 heteroatoms. The van der Waals surface area contributed by atoms with E-state index < -0.39 is 0 Å². The quantitative estimate of drug-likeness (QED) is 0.304. The zero-order valence-corrected chi connectivity index (χ0v) is 21.5. The predicted octanol–water partition coefficient (Wildman–Crippen LogP) is 9.21. The number of benzene rings is 4. The van der Waals surface area contributed by atoms with Crippen LogP contribution in [-0.4, -0.2) is 5.54 Å². The maximum absolute atomic E-state index is 2.52. The molecule has 4 aromatic carbocycles. The molecule has 1 aliphatic rings. The summed E-state index contributed by atoms with van der Waals surface area (Å²) < 4.78 is 0. The van der Waals surface area contributed by atoms with E-state index in [9.17, 15) is 0 Å². The first-order chi connectivity index (χ1) is 16.1. The van der Waals surface area contributed by atoms with Crippen LogP contribution in [0.2, 0.25) is 0 Å². The first-order valence-corrected chi connectivity index (χ1v) is 12.3. The van der Waals surface area contributed by atoms with E-state index in [0.717, 1.165) is 0 Å². The molecule has 0 heterocycles. The fourth-order valence-corrected chi connectivity index (χ4v) is 5.61. The van der Waals surface area contributed by atoms with Gasteiger partial charge in [-0.2, -0.15) is 0 Å². The topological polar surface area (TPSA) is 3.24 Å². The number of fused-ring (bicyclic) bond motifs is 3. The molecule has 0 aliphatic heterocycles. The molecule has 0 N–H and O–H groups in total. The molecule has 0 bridgehead atoms. The smallest absolute Gasteiger partial charge is 0.0449 e. The van der Waals surface area contributed by atoms with Gasteiger partial charge in [0.05, 0.1) is 0 Å². The Balaban J connectivity index is 1.71. The van der Waals surface area contributed by atoms with Gasteiger partial charge in [0.2, 0.25) is 0 Å². The minimum absolute atomic E-state index is 0.0440. The zero-order valence-electron chi connectivity index (χ0n) is 21.5. The minimum Gasteiger partial charge on any atom is -0.336 e. The molecule has 172 valence electrons. The molecule has 4 aromatic rings. The molecule has 5 rings (SSSR count). The number of para-hydroxylation sites is 1. The number of aryl methyl sites for hydroxylation is 2. The Hall–Kier alpha value is -3.32. The van der Waals surface area contributed by atoms with Crippen LogP contribution in [0, 0.1) is 13.8 Å². The Morgan fingerprint density at radius 1 is 0.588 bits per heavy atom. The van der Waals surface area contributed by atoms with Crippen LogP contribution < -0.4 is 4.90 Å². The SMILES string of the molecule is Cc1ccccc1N(c1cc2c(cc1C)-c1cc(-c3ccccc3)ccc1C2(C)C)C(C)(C)C. The van der Waals surface area contributed by atoms with Gasteiger partial charge in [-0.15, -0.1) is 0 Å². The molecular formula is C33H35N. The third-order valence-electron chi connectivity index (χ3n) is 7.37. The lowest BCUT2D eigenvalue weighted by molar-refractivity contribution is 0.557. The normalized spacial score (nSPS) is 14.0. The van der Waals surface area contributed by atoms with E-state index in [1.54, 1.807) is 0 Å². The summed E-state index contributed by atoms with van der Waals surface area (Å²) in [5.74, 6) is 0. The highest BCUT2D eigenvalue weighted by atomic mass is 15.2. The summed E-state index contributed by atoms with van der Waals surface area (Å²) in [4.78, 5) is 2.52. The van der Waals surface area contributed by atoms with Crippen LogP contribution in [0.4, 0.5) is 11.4 Å². The first kappa shape index (κ1) is 22.5. The van der Waals surface area contributed by atoms with Crippen LogP contribution in [0.5, 0.6) is 0 Å². The summed E-state index contributed by atoms with van der Waals surface area (Å²) in [6, 6.07) is 31.3. The second-order valence-electron chi connectivity index (χ2n) is 11.2. The van der Waals surface area contributed by atoms with Gasteiger partial charge in [-0.3, -0.25) is 0 Å². The third-order valence-corrected chi connectivity index (χ3v) is 7.37. The van der Waals surface area contributed by atoms with Crippen molar-refractivity contribution in [3.05, 3.63) is 107 Å². The van der Waals surface area contributed by atoms with Gasteiger partial charge in [0.1, 0.15) is 0 Å². The summed E-state index contributed by atoms with van der Waals surface area (Å²) in [7, 11) is 0. The van der Waals surface area contributed by atoms with Crippen LogP contribution >= 0.6 is 0 Å². The average Bonchev–Trinajstić information content (AvgIpc) is 3.01. The van der Waals surface area contributed by atoms with Gasteiger partial charge in [-0.1, -0.05) is 74.5 Å². The van der Waals surface area contributed by atoms with Crippen LogP contribution in [0.3, 0.4) is 0 Å². The molecule has 0 atom stereocenters. The number of nitrogens with zero attached hydrogens (tertiary/aromatic N) is 1. The lowest BCUT2D eigenvalue weighted by Crippen LogP contribution is -2.38. The third kappa shape index (κ3) is 3.55. The highest BCUT2D eigenvalue weighted by Crippen LogP contribution is 2.52. The molecule has 1 aliphatic carbocycles. The van der Waals surface area contributed by atoms with Gasteiger partial charge in [0.25, 0.3) is 0 Å². The number of hydrogen-bond acceptors (Lipinski definition) is 1. The van der Waals surface area contributed by atoms with Crippen molar-refractivity contribution in [1.29, 1.82) is 0 Å². The van der Waals surface area contributed by atoms with E-state index in [-0.39, 0.29) is 11.0 Å². The maximum atomic E-state index is 2.52. The molecule has 0 unspecified atom stereocenters. The summed E-state index contributed by atoms with van der Waals surface area (Å²) in [5, 5.41) is 0. The number of rotatable bonds is 3. The highest BCUT2D eigenvalue weighted by Gasteiger charge is 2.37. The van der Waals surface area contributed by atoms with Gasteiger partial charge in [-0.05, 0) is 103 Å². The van der Waals surface area contributed by atoms with Crippen molar-refractivity contribution in [3.63, 3.8) is 0 Å².